The van der Waals surface area contributed by atoms with Gasteiger partial charge in [0.05, 0.1) is 0 Å². The molecule has 0 aliphatic heterocycles. The van der Waals surface area contributed by atoms with Gasteiger partial charge in [0.15, 0.2) is 0 Å². The minimum Gasteiger partial charge on any atom is -0.0843 e. The first kappa shape index (κ1) is 18.7. The van der Waals surface area contributed by atoms with E-state index < -0.39 is 0 Å². The molecule has 5 rings (SSSR count). The third-order valence-electron chi connectivity index (χ3n) is 5.98. The molecular formula is C27H20BrCl. The van der Waals surface area contributed by atoms with Crippen LogP contribution in [0.5, 0.6) is 0 Å². The van der Waals surface area contributed by atoms with E-state index in [1.165, 1.54) is 33.4 Å². The van der Waals surface area contributed by atoms with Crippen molar-refractivity contribution >= 4 is 27.5 Å². The zero-order chi connectivity index (χ0) is 19.8. The Morgan fingerprint density at radius 3 is 1.90 bits per heavy atom. The van der Waals surface area contributed by atoms with E-state index in [-0.39, 0.29) is 5.41 Å². The van der Waals surface area contributed by atoms with E-state index in [1.807, 2.05) is 6.07 Å². The lowest BCUT2D eigenvalue weighted by Gasteiger charge is -2.34. The van der Waals surface area contributed by atoms with Crippen molar-refractivity contribution in [1.82, 2.24) is 0 Å². The van der Waals surface area contributed by atoms with E-state index in [0.717, 1.165) is 22.3 Å². The Kier molecular flexibility index (Phi) is 4.81. The molecule has 0 unspecified atom stereocenters. The molecule has 0 N–H and O–H groups in total. The van der Waals surface area contributed by atoms with Crippen LogP contribution in [0.4, 0.5) is 0 Å². The average molecular weight is 460 g/mol. The second-order valence-corrected chi connectivity index (χ2v) is 9.05. The van der Waals surface area contributed by atoms with Crippen molar-refractivity contribution in [3.8, 4) is 11.1 Å². The summed E-state index contributed by atoms with van der Waals surface area (Å²) >= 11 is 10.4. The number of fused-ring (bicyclic) bond motifs is 3. The Labute approximate surface area is 185 Å². The molecule has 2 heteroatoms. The Balaban J connectivity index is 1.80. The fourth-order valence-corrected chi connectivity index (χ4v) is 5.75. The minimum absolute atomic E-state index is 0.182. The molecule has 4 aromatic rings. The van der Waals surface area contributed by atoms with Crippen LogP contribution in [0.15, 0.2) is 102 Å². The SMILES string of the molecule is Clc1ccc2c(c1)C(Cc1ccccc1)(Cc1ccccc1)c1c(Br)cccc1-2. The summed E-state index contributed by atoms with van der Waals surface area (Å²) in [4.78, 5) is 0. The van der Waals surface area contributed by atoms with Gasteiger partial charge in [0.25, 0.3) is 0 Å². The molecule has 0 saturated carbocycles. The predicted octanol–water partition coefficient (Wildman–Crippen LogP) is 7.85. The van der Waals surface area contributed by atoms with Gasteiger partial charge in [0.2, 0.25) is 0 Å². The van der Waals surface area contributed by atoms with Crippen LogP contribution >= 0.6 is 27.5 Å². The minimum atomic E-state index is -0.182. The first-order valence-corrected chi connectivity index (χ1v) is 11.0. The monoisotopic (exact) mass is 458 g/mol. The molecule has 0 nitrogen and oxygen atoms in total. The van der Waals surface area contributed by atoms with E-state index in [9.17, 15) is 0 Å². The number of hydrogen-bond donors (Lipinski definition) is 0. The average Bonchev–Trinajstić information content (AvgIpc) is 3.00. The van der Waals surface area contributed by atoms with Crippen molar-refractivity contribution in [2.45, 2.75) is 18.3 Å². The van der Waals surface area contributed by atoms with Gasteiger partial charge < -0.3 is 0 Å². The zero-order valence-corrected chi connectivity index (χ0v) is 18.2. The third-order valence-corrected chi connectivity index (χ3v) is 6.87. The number of rotatable bonds is 4. The van der Waals surface area contributed by atoms with Crippen molar-refractivity contribution < 1.29 is 0 Å². The second-order valence-electron chi connectivity index (χ2n) is 7.76. The first-order chi connectivity index (χ1) is 14.2. The summed E-state index contributed by atoms with van der Waals surface area (Å²) in [6.45, 7) is 0. The topological polar surface area (TPSA) is 0 Å². The van der Waals surface area contributed by atoms with Gasteiger partial charge in [-0.3, -0.25) is 0 Å². The fraction of sp³-hybridized carbons (Fsp3) is 0.111. The Hall–Kier alpha value is -2.35. The standard InChI is InChI=1S/C27H20BrCl/c28-25-13-7-12-23-22-15-14-21(29)16-24(22)27(26(23)25,17-19-8-3-1-4-9-19)18-20-10-5-2-6-11-20/h1-16H,17-18H2. The van der Waals surface area contributed by atoms with E-state index in [4.69, 9.17) is 11.6 Å². The lowest BCUT2D eigenvalue weighted by molar-refractivity contribution is 0.518. The largest absolute Gasteiger partial charge is 0.0843 e. The van der Waals surface area contributed by atoms with Gasteiger partial charge in [-0.2, -0.15) is 0 Å². The molecule has 1 aliphatic rings. The van der Waals surface area contributed by atoms with Crippen LogP contribution in [-0.4, -0.2) is 0 Å². The van der Waals surface area contributed by atoms with Crippen LogP contribution in [-0.2, 0) is 18.3 Å². The molecule has 0 heterocycles. The van der Waals surface area contributed by atoms with Crippen LogP contribution in [0.1, 0.15) is 22.3 Å². The van der Waals surface area contributed by atoms with E-state index >= 15 is 0 Å². The number of hydrogen-bond acceptors (Lipinski definition) is 0. The van der Waals surface area contributed by atoms with Crippen molar-refractivity contribution in [2.24, 2.45) is 0 Å². The van der Waals surface area contributed by atoms with Crippen molar-refractivity contribution in [1.29, 1.82) is 0 Å². The molecule has 0 amide bonds. The quantitative estimate of drug-likeness (QED) is 0.291. The van der Waals surface area contributed by atoms with Crippen LogP contribution in [0.3, 0.4) is 0 Å². The van der Waals surface area contributed by atoms with Crippen molar-refractivity contribution in [2.75, 3.05) is 0 Å². The van der Waals surface area contributed by atoms with Crippen molar-refractivity contribution in [3.05, 3.63) is 129 Å². The summed E-state index contributed by atoms with van der Waals surface area (Å²) in [5.41, 5.74) is 7.76. The van der Waals surface area contributed by atoms with Crippen LogP contribution in [0.25, 0.3) is 11.1 Å². The molecule has 0 fully saturated rings. The Morgan fingerprint density at radius 2 is 1.28 bits per heavy atom. The zero-order valence-electron chi connectivity index (χ0n) is 15.9. The Morgan fingerprint density at radius 1 is 0.655 bits per heavy atom. The maximum absolute atomic E-state index is 6.53. The lowest BCUT2D eigenvalue weighted by atomic mass is 9.69. The van der Waals surface area contributed by atoms with Gasteiger partial charge in [-0.1, -0.05) is 106 Å². The van der Waals surface area contributed by atoms with E-state index in [0.29, 0.717) is 0 Å². The molecule has 0 radical (unpaired) electrons. The smallest absolute Gasteiger partial charge is 0.0409 e. The maximum atomic E-state index is 6.53. The highest BCUT2D eigenvalue weighted by molar-refractivity contribution is 9.10. The molecule has 0 atom stereocenters. The van der Waals surface area contributed by atoms with Crippen LogP contribution in [0, 0.1) is 0 Å². The Bertz CT molecular complexity index is 1120. The van der Waals surface area contributed by atoms with Gasteiger partial charge in [0, 0.05) is 14.9 Å². The highest BCUT2D eigenvalue weighted by atomic mass is 79.9. The predicted molar refractivity (Wildman–Crippen MR) is 126 cm³/mol. The molecule has 142 valence electrons. The highest BCUT2D eigenvalue weighted by Gasteiger charge is 2.44. The normalized spacial score (nSPS) is 13.7. The lowest BCUT2D eigenvalue weighted by Crippen LogP contribution is -2.31. The second kappa shape index (κ2) is 7.48. The first-order valence-electron chi connectivity index (χ1n) is 9.85. The molecule has 0 saturated heterocycles. The summed E-state index contributed by atoms with van der Waals surface area (Å²) in [6, 6.07) is 34.5. The summed E-state index contributed by atoms with van der Waals surface area (Å²) in [6.07, 6.45) is 1.84. The number of halogens is 2. The van der Waals surface area contributed by atoms with E-state index in [1.54, 1.807) is 0 Å². The summed E-state index contributed by atoms with van der Waals surface area (Å²) in [5.74, 6) is 0. The molecule has 0 spiro atoms. The summed E-state index contributed by atoms with van der Waals surface area (Å²) in [7, 11) is 0. The summed E-state index contributed by atoms with van der Waals surface area (Å²) < 4.78 is 1.16. The maximum Gasteiger partial charge on any atom is 0.0409 e. The molecule has 1 aliphatic carbocycles. The number of benzene rings is 4. The fourth-order valence-electron chi connectivity index (χ4n) is 4.84. The molecule has 4 aromatic carbocycles. The molecular weight excluding hydrogens is 440 g/mol. The van der Waals surface area contributed by atoms with Gasteiger partial charge in [0.1, 0.15) is 0 Å². The van der Waals surface area contributed by atoms with Crippen molar-refractivity contribution in [3.63, 3.8) is 0 Å². The van der Waals surface area contributed by atoms with Crippen LogP contribution < -0.4 is 0 Å². The van der Waals surface area contributed by atoms with Gasteiger partial charge in [-0.15, -0.1) is 0 Å². The third kappa shape index (κ3) is 3.23. The molecule has 29 heavy (non-hydrogen) atoms. The van der Waals surface area contributed by atoms with Gasteiger partial charge in [-0.25, -0.2) is 0 Å². The highest BCUT2D eigenvalue weighted by Crippen LogP contribution is 2.55. The van der Waals surface area contributed by atoms with E-state index in [2.05, 4.69) is 107 Å². The van der Waals surface area contributed by atoms with Gasteiger partial charge >= 0.3 is 0 Å². The summed E-state index contributed by atoms with van der Waals surface area (Å²) in [5, 5.41) is 0.790. The van der Waals surface area contributed by atoms with Gasteiger partial charge in [-0.05, 0) is 64.4 Å². The molecule has 0 bridgehead atoms. The van der Waals surface area contributed by atoms with Crippen LogP contribution in [0.2, 0.25) is 5.02 Å². The molecule has 0 aromatic heterocycles.